The van der Waals surface area contributed by atoms with Crippen molar-refractivity contribution in [1.82, 2.24) is 5.32 Å². The summed E-state index contributed by atoms with van der Waals surface area (Å²) in [6.45, 7) is 9.26. The van der Waals surface area contributed by atoms with Gasteiger partial charge in [0.2, 0.25) is 5.91 Å². The van der Waals surface area contributed by atoms with Crippen LogP contribution in [-0.4, -0.2) is 42.4 Å². The molecule has 0 unspecified atom stereocenters. The minimum Gasteiger partial charge on any atom is -0.350 e. The second kappa shape index (κ2) is 25.6. The summed E-state index contributed by atoms with van der Waals surface area (Å²) in [5.74, 6) is 1.61. The Morgan fingerprint density at radius 3 is 1.70 bits per heavy atom. The van der Waals surface area contributed by atoms with Gasteiger partial charge in [-0.1, -0.05) is 173 Å². The van der Waals surface area contributed by atoms with Crippen LogP contribution in [0.4, 0.5) is 0 Å². The molecular weight excluding hydrogens is 526 g/mol. The molecule has 1 aliphatic heterocycles. The lowest BCUT2D eigenvalue weighted by molar-refractivity contribution is -0.849. The minimum absolute atomic E-state index is 0.233. The molecule has 1 atom stereocenters. The summed E-state index contributed by atoms with van der Waals surface area (Å²) in [6, 6.07) is 10.9. The maximum atomic E-state index is 12.7. The Morgan fingerprint density at radius 2 is 1.16 bits per heavy atom. The van der Waals surface area contributed by atoms with Gasteiger partial charge in [-0.3, -0.25) is 9.28 Å². The number of hydrogen-bond acceptors (Lipinski definition) is 2. The van der Waals surface area contributed by atoms with Gasteiger partial charge in [-0.2, -0.15) is 0 Å². The standard InChI is InChI=1S/C39H69N3O/c1-3-5-7-9-11-13-15-17-19-21-26-30-38-40-32-34-42(38,36-37-28-24-23-25-29-37)35-33-41-39(43)31-27-22-20-18-16-14-12-10-8-6-4-2/h23-25,28-29H,3-22,26-27,30-36H2,1-2H3/p+1/t42-/m0/s1. The normalized spacial score (nSPS) is 16.5. The Bertz CT molecular complexity index is 823. The molecule has 4 nitrogen and oxygen atoms in total. The molecule has 1 heterocycles. The number of nitrogens with one attached hydrogen (secondary N) is 1. The first-order chi connectivity index (χ1) is 21.2. The van der Waals surface area contributed by atoms with Crippen molar-refractivity contribution < 1.29 is 9.28 Å². The van der Waals surface area contributed by atoms with E-state index in [0.29, 0.717) is 6.42 Å². The summed E-state index contributed by atoms with van der Waals surface area (Å²) in [5.41, 5.74) is 1.38. The molecule has 0 fully saturated rings. The fourth-order valence-corrected chi connectivity index (χ4v) is 6.78. The Morgan fingerprint density at radius 1 is 0.674 bits per heavy atom. The number of benzene rings is 1. The fourth-order valence-electron chi connectivity index (χ4n) is 6.78. The third-order valence-corrected chi connectivity index (χ3v) is 9.57. The number of carbonyl (C=O) groups is 1. The highest BCUT2D eigenvalue weighted by Gasteiger charge is 2.37. The van der Waals surface area contributed by atoms with Crippen LogP contribution in [0.25, 0.3) is 0 Å². The van der Waals surface area contributed by atoms with Gasteiger partial charge in [0, 0.05) is 18.4 Å². The predicted molar refractivity (Wildman–Crippen MR) is 188 cm³/mol. The topological polar surface area (TPSA) is 41.5 Å². The van der Waals surface area contributed by atoms with E-state index in [9.17, 15) is 4.79 Å². The van der Waals surface area contributed by atoms with Crippen LogP contribution in [0.5, 0.6) is 0 Å². The highest BCUT2D eigenvalue weighted by Crippen LogP contribution is 2.24. The molecule has 0 saturated carbocycles. The van der Waals surface area contributed by atoms with E-state index in [1.54, 1.807) is 0 Å². The predicted octanol–water partition coefficient (Wildman–Crippen LogP) is 10.9. The van der Waals surface area contributed by atoms with Crippen LogP contribution in [0.2, 0.25) is 0 Å². The lowest BCUT2D eigenvalue weighted by atomic mass is 10.0. The molecule has 0 aromatic heterocycles. The summed E-state index contributed by atoms with van der Waals surface area (Å²) in [7, 11) is 0. The van der Waals surface area contributed by atoms with Crippen LogP contribution in [0, 0.1) is 0 Å². The number of rotatable bonds is 29. The van der Waals surface area contributed by atoms with E-state index in [0.717, 1.165) is 50.0 Å². The lowest BCUT2D eigenvalue weighted by Gasteiger charge is -2.35. The molecule has 0 saturated heterocycles. The smallest absolute Gasteiger partial charge is 0.220 e. The maximum Gasteiger partial charge on any atom is 0.220 e. The number of unbranched alkanes of at least 4 members (excludes halogenated alkanes) is 20. The van der Waals surface area contributed by atoms with Crippen molar-refractivity contribution in [1.29, 1.82) is 0 Å². The van der Waals surface area contributed by atoms with Gasteiger partial charge in [0.1, 0.15) is 19.6 Å². The highest BCUT2D eigenvalue weighted by atomic mass is 16.1. The molecule has 43 heavy (non-hydrogen) atoms. The summed E-state index contributed by atoms with van der Waals surface area (Å²) >= 11 is 0. The van der Waals surface area contributed by atoms with E-state index in [2.05, 4.69) is 49.5 Å². The van der Waals surface area contributed by atoms with Gasteiger partial charge in [-0.25, -0.2) is 4.99 Å². The summed E-state index contributed by atoms with van der Waals surface area (Å²) in [4.78, 5) is 17.7. The van der Waals surface area contributed by atoms with E-state index in [-0.39, 0.29) is 5.91 Å². The number of quaternary nitrogens is 1. The van der Waals surface area contributed by atoms with Crippen LogP contribution in [0.15, 0.2) is 35.3 Å². The van der Waals surface area contributed by atoms with Gasteiger partial charge in [-0.05, 0) is 12.8 Å². The van der Waals surface area contributed by atoms with Crippen molar-refractivity contribution in [2.24, 2.45) is 4.99 Å². The van der Waals surface area contributed by atoms with Crippen LogP contribution >= 0.6 is 0 Å². The highest BCUT2D eigenvalue weighted by molar-refractivity contribution is 5.77. The molecular formula is C39H70N3O+. The van der Waals surface area contributed by atoms with E-state index in [4.69, 9.17) is 4.99 Å². The van der Waals surface area contributed by atoms with E-state index in [1.165, 1.54) is 146 Å². The number of amidine groups is 1. The van der Waals surface area contributed by atoms with Gasteiger partial charge < -0.3 is 5.32 Å². The molecule has 1 aromatic rings. The van der Waals surface area contributed by atoms with Crippen LogP contribution < -0.4 is 5.32 Å². The summed E-state index contributed by atoms with van der Waals surface area (Å²) in [5, 5.41) is 3.28. The van der Waals surface area contributed by atoms with Crippen LogP contribution in [-0.2, 0) is 11.3 Å². The van der Waals surface area contributed by atoms with Crippen LogP contribution in [0.3, 0.4) is 0 Å². The maximum absolute atomic E-state index is 12.7. The van der Waals surface area contributed by atoms with Crippen molar-refractivity contribution >= 4 is 11.7 Å². The van der Waals surface area contributed by atoms with Gasteiger partial charge in [0.25, 0.3) is 0 Å². The Labute approximate surface area is 267 Å². The third-order valence-electron chi connectivity index (χ3n) is 9.57. The van der Waals surface area contributed by atoms with E-state index in [1.807, 2.05) is 0 Å². The van der Waals surface area contributed by atoms with Gasteiger partial charge in [-0.15, -0.1) is 0 Å². The zero-order valence-electron chi connectivity index (χ0n) is 28.7. The monoisotopic (exact) mass is 597 g/mol. The zero-order valence-corrected chi connectivity index (χ0v) is 28.7. The molecule has 1 N–H and O–H groups in total. The lowest BCUT2D eigenvalue weighted by Crippen LogP contribution is -2.53. The zero-order chi connectivity index (χ0) is 30.7. The minimum atomic E-state index is 0.233. The van der Waals surface area contributed by atoms with Crippen molar-refractivity contribution in [3.63, 3.8) is 0 Å². The Hall–Kier alpha value is -1.68. The average Bonchev–Trinajstić information content (AvgIpc) is 3.40. The summed E-state index contributed by atoms with van der Waals surface area (Å²) < 4.78 is 0.931. The van der Waals surface area contributed by atoms with E-state index >= 15 is 0 Å². The number of aliphatic imine (C=N–C) groups is 1. The SMILES string of the molecule is CCCCCCCCCCCCCC(=O)NCC[N@+]1(Cc2ccccc2)CCN=C1CCCCCCCCCCCCC. The molecule has 1 amide bonds. The molecule has 246 valence electrons. The molecule has 1 aliphatic rings. The van der Waals surface area contributed by atoms with E-state index < -0.39 is 0 Å². The van der Waals surface area contributed by atoms with Gasteiger partial charge in [0.15, 0.2) is 5.84 Å². The van der Waals surface area contributed by atoms with Crippen molar-refractivity contribution in [3.8, 4) is 0 Å². The quantitative estimate of drug-likeness (QED) is 0.0725. The Kier molecular flexibility index (Phi) is 22.4. The first-order valence-electron chi connectivity index (χ1n) is 18.9. The van der Waals surface area contributed by atoms with Gasteiger partial charge in [0.05, 0.1) is 13.1 Å². The number of hydrogen-bond donors (Lipinski definition) is 1. The molecule has 4 heteroatoms. The average molecular weight is 597 g/mol. The van der Waals surface area contributed by atoms with Crippen LogP contribution in [0.1, 0.15) is 174 Å². The molecule has 0 spiro atoms. The number of amides is 1. The molecule has 1 aromatic carbocycles. The van der Waals surface area contributed by atoms with Crippen molar-refractivity contribution in [2.45, 2.75) is 174 Å². The third kappa shape index (κ3) is 18.0. The molecule has 0 bridgehead atoms. The largest absolute Gasteiger partial charge is 0.350 e. The first-order valence-corrected chi connectivity index (χ1v) is 18.9. The summed E-state index contributed by atoms with van der Waals surface area (Å²) in [6.07, 6.45) is 31.4. The molecule has 0 radical (unpaired) electrons. The number of nitrogens with zero attached hydrogens (tertiary/aromatic N) is 2. The number of carbonyl (C=O) groups excluding carboxylic acids is 1. The second-order valence-electron chi connectivity index (χ2n) is 13.5. The van der Waals surface area contributed by atoms with Gasteiger partial charge >= 0.3 is 0 Å². The fraction of sp³-hybridized carbons (Fsp3) is 0.795. The van der Waals surface area contributed by atoms with Crippen molar-refractivity contribution in [3.05, 3.63) is 35.9 Å². The molecule has 2 rings (SSSR count). The Balaban J connectivity index is 1.65. The van der Waals surface area contributed by atoms with Crippen molar-refractivity contribution in [2.75, 3.05) is 26.2 Å². The second-order valence-corrected chi connectivity index (χ2v) is 13.5. The molecule has 0 aliphatic carbocycles. The first kappa shape index (κ1) is 37.5.